The zero-order valence-corrected chi connectivity index (χ0v) is 25.0. The number of hydrogen-bond donors (Lipinski definition) is 1. The third-order valence-electron chi connectivity index (χ3n) is 6.31. The van der Waals surface area contributed by atoms with Crippen LogP contribution < -0.4 is 9.62 Å². The lowest BCUT2D eigenvalue weighted by molar-refractivity contribution is -0.140. The maximum Gasteiger partial charge on any atom is 0.304 e. The number of para-hydroxylation sites is 1. The van der Waals surface area contributed by atoms with Crippen molar-refractivity contribution in [1.29, 1.82) is 0 Å². The molecule has 2 amide bonds. The lowest BCUT2D eigenvalue weighted by Crippen LogP contribution is -2.56. The lowest BCUT2D eigenvalue weighted by atomic mass is 10.0. The predicted octanol–water partition coefficient (Wildman–Crippen LogP) is 4.16. The van der Waals surface area contributed by atoms with Crippen molar-refractivity contribution in [3.05, 3.63) is 102 Å². The summed E-state index contributed by atoms with van der Waals surface area (Å²) in [5.41, 5.74) is 2.62. The second kappa shape index (κ2) is 13.1. The van der Waals surface area contributed by atoms with Crippen LogP contribution >= 0.6 is 0 Å². The molecule has 214 valence electrons. The van der Waals surface area contributed by atoms with Crippen LogP contribution in [0, 0.1) is 6.92 Å². The van der Waals surface area contributed by atoms with E-state index in [1.807, 2.05) is 82.3 Å². The molecule has 0 fully saturated rings. The molecule has 3 aromatic rings. The molecule has 0 aromatic heterocycles. The van der Waals surface area contributed by atoms with Crippen molar-refractivity contribution in [3.8, 4) is 0 Å². The van der Waals surface area contributed by atoms with Gasteiger partial charge in [0, 0.05) is 32.6 Å². The van der Waals surface area contributed by atoms with E-state index < -0.39 is 34.2 Å². The number of benzene rings is 3. The van der Waals surface area contributed by atoms with Crippen molar-refractivity contribution >= 4 is 27.7 Å². The fourth-order valence-corrected chi connectivity index (χ4v) is 5.26. The highest BCUT2D eigenvalue weighted by molar-refractivity contribution is 7.90. The molecular formula is C31H40N4O4S. The van der Waals surface area contributed by atoms with E-state index in [0.29, 0.717) is 5.69 Å². The number of nitrogens with zero attached hydrogens (tertiary/aromatic N) is 3. The van der Waals surface area contributed by atoms with Gasteiger partial charge in [-0.2, -0.15) is 12.7 Å². The van der Waals surface area contributed by atoms with Crippen LogP contribution in [0.15, 0.2) is 84.9 Å². The van der Waals surface area contributed by atoms with Gasteiger partial charge in [0.05, 0.1) is 5.69 Å². The topological polar surface area (TPSA) is 90.0 Å². The Morgan fingerprint density at radius 1 is 0.825 bits per heavy atom. The molecule has 0 aliphatic carbocycles. The summed E-state index contributed by atoms with van der Waals surface area (Å²) in [6, 6.07) is 24.9. The SMILES string of the molecule is Cc1ccc(CN(C(=O)CN(c2ccccc2)S(=O)(=O)N(C)C)[C@@H](Cc2ccccc2)C(=O)NC(C)(C)C)cc1. The summed E-state index contributed by atoms with van der Waals surface area (Å²) < 4.78 is 28.9. The van der Waals surface area contributed by atoms with Crippen molar-refractivity contribution in [2.75, 3.05) is 24.9 Å². The van der Waals surface area contributed by atoms with Gasteiger partial charge < -0.3 is 10.2 Å². The van der Waals surface area contributed by atoms with Gasteiger partial charge in [-0.1, -0.05) is 78.4 Å². The summed E-state index contributed by atoms with van der Waals surface area (Å²) in [7, 11) is -1.16. The molecular weight excluding hydrogens is 524 g/mol. The van der Waals surface area contributed by atoms with E-state index in [0.717, 1.165) is 25.3 Å². The summed E-state index contributed by atoms with van der Waals surface area (Å²) in [4.78, 5) is 29.5. The van der Waals surface area contributed by atoms with E-state index in [-0.39, 0.29) is 18.9 Å². The van der Waals surface area contributed by atoms with Gasteiger partial charge in [-0.25, -0.2) is 4.31 Å². The van der Waals surface area contributed by atoms with Gasteiger partial charge in [-0.15, -0.1) is 0 Å². The molecule has 9 heteroatoms. The van der Waals surface area contributed by atoms with Crippen molar-refractivity contribution in [1.82, 2.24) is 14.5 Å². The third-order valence-corrected chi connectivity index (χ3v) is 8.13. The standard InChI is InChI=1S/C31H40N4O4S/c1-24-17-19-26(20-18-24)22-34(28(30(37)32-31(2,3)4)21-25-13-9-7-10-14-25)29(36)23-35(40(38,39)33(5)6)27-15-11-8-12-16-27/h7-20,28H,21-23H2,1-6H3,(H,32,37)/t28-/m0/s1. The maximum atomic E-state index is 14.2. The molecule has 0 unspecified atom stereocenters. The Morgan fingerprint density at radius 3 is 1.90 bits per heavy atom. The molecule has 0 aliphatic rings. The molecule has 1 atom stereocenters. The average Bonchev–Trinajstić information content (AvgIpc) is 2.90. The summed E-state index contributed by atoms with van der Waals surface area (Å²) >= 11 is 0. The number of rotatable bonds is 11. The van der Waals surface area contributed by atoms with Crippen molar-refractivity contribution in [3.63, 3.8) is 0 Å². The van der Waals surface area contributed by atoms with Crippen molar-refractivity contribution < 1.29 is 18.0 Å². The summed E-state index contributed by atoms with van der Waals surface area (Å²) in [5.74, 6) is -0.793. The van der Waals surface area contributed by atoms with Crippen LogP contribution in [0.2, 0.25) is 0 Å². The van der Waals surface area contributed by atoms with Gasteiger partial charge in [0.15, 0.2) is 0 Å². The highest BCUT2D eigenvalue weighted by atomic mass is 32.2. The predicted molar refractivity (Wildman–Crippen MR) is 160 cm³/mol. The summed E-state index contributed by atoms with van der Waals surface area (Å²) in [6.07, 6.45) is 0.270. The zero-order chi connectivity index (χ0) is 29.5. The molecule has 3 rings (SSSR count). The largest absolute Gasteiger partial charge is 0.350 e. The highest BCUT2D eigenvalue weighted by Crippen LogP contribution is 2.22. The van der Waals surface area contributed by atoms with Gasteiger partial charge in [-0.05, 0) is 51.0 Å². The molecule has 1 N–H and O–H groups in total. The van der Waals surface area contributed by atoms with Crippen LogP contribution in [0.1, 0.15) is 37.5 Å². The van der Waals surface area contributed by atoms with E-state index in [4.69, 9.17) is 0 Å². The van der Waals surface area contributed by atoms with E-state index >= 15 is 0 Å². The lowest BCUT2D eigenvalue weighted by Gasteiger charge is -2.35. The Kier molecular flexibility index (Phi) is 10.1. The first-order valence-electron chi connectivity index (χ1n) is 13.2. The van der Waals surface area contributed by atoms with E-state index in [2.05, 4.69) is 5.32 Å². The van der Waals surface area contributed by atoms with E-state index in [1.54, 1.807) is 30.3 Å². The Hall–Kier alpha value is -3.69. The molecule has 0 radical (unpaired) electrons. The summed E-state index contributed by atoms with van der Waals surface area (Å²) in [6.45, 7) is 7.31. The normalized spacial score (nSPS) is 12.6. The van der Waals surface area contributed by atoms with Gasteiger partial charge in [0.2, 0.25) is 11.8 Å². The van der Waals surface area contributed by atoms with Gasteiger partial charge >= 0.3 is 10.2 Å². The number of amides is 2. The summed E-state index contributed by atoms with van der Waals surface area (Å²) in [5, 5.41) is 3.03. The van der Waals surface area contributed by atoms with Crippen LogP contribution in [0.25, 0.3) is 0 Å². The monoisotopic (exact) mass is 564 g/mol. The van der Waals surface area contributed by atoms with E-state index in [9.17, 15) is 18.0 Å². The Morgan fingerprint density at radius 2 is 1.38 bits per heavy atom. The number of carbonyl (C=O) groups excluding carboxylic acids is 2. The minimum Gasteiger partial charge on any atom is -0.350 e. The molecule has 8 nitrogen and oxygen atoms in total. The Balaban J connectivity index is 2.09. The molecule has 40 heavy (non-hydrogen) atoms. The molecule has 0 aliphatic heterocycles. The first-order chi connectivity index (χ1) is 18.8. The van der Waals surface area contributed by atoms with Crippen LogP contribution in [-0.2, 0) is 32.8 Å². The minimum atomic E-state index is -4.01. The smallest absolute Gasteiger partial charge is 0.304 e. The molecule has 0 bridgehead atoms. The highest BCUT2D eigenvalue weighted by Gasteiger charge is 2.35. The molecule has 0 spiro atoms. The quantitative estimate of drug-likeness (QED) is 0.379. The number of anilines is 1. The number of hydrogen-bond acceptors (Lipinski definition) is 4. The Labute approximate surface area is 238 Å². The van der Waals surface area contributed by atoms with Crippen molar-refractivity contribution in [2.24, 2.45) is 0 Å². The maximum absolute atomic E-state index is 14.2. The fraction of sp³-hybridized carbons (Fsp3) is 0.355. The molecule has 0 heterocycles. The first-order valence-corrected chi connectivity index (χ1v) is 14.6. The van der Waals surface area contributed by atoms with Crippen LogP contribution in [0.3, 0.4) is 0 Å². The number of aryl methyl sites for hydroxylation is 1. The second-order valence-electron chi connectivity index (χ2n) is 11.1. The molecule has 0 saturated carbocycles. The first kappa shape index (κ1) is 30.8. The van der Waals surface area contributed by atoms with Crippen molar-refractivity contribution in [2.45, 2.75) is 52.2 Å². The fourth-order valence-electron chi connectivity index (χ4n) is 4.21. The average molecular weight is 565 g/mol. The number of carbonyl (C=O) groups is 2. The zero-order valence-electron chi connectivity index (χ0n) is 24.2. The minimum absolute atomic E-state index is 0.138. The van der Waals surface area contributed by atoms with Crippen LogP contribution in [-0.4, -0.2) is 61.7 Å². The van der Waals surface area contributed by atoms with Gasteiger partial charge in [0.25, 0.3) is 0 Å². The van der Waals surface area contributed by atoms with Gasteiger partial charge in [-0.3, -0.25) is 9.59 Å². The van der Waals surface area contributed by atoms with Gasteiger partial charge in [0.1, 0.15) is 12.6 Å². The number of nitrogens with one attached hydrogen (secondary N) is 1. The second-order valence-corrected chi connectivity index (χ2v) is 13.2. The van der Waals surface area contributed by atoms with Crippen LogP contribution in [0.4, 0.5) is 5.69 Å². The third kappa shape index (κ3) is 8.40. The Bertz CT molecular complexity index is 1370. The molecule has 0 saturated heterocycles. The van der Waals surface area contributed by atoms with E-state index in [1.165, 1.54) is 19.0 Å². The molecule has 3 aromatic carbocycles. The van der Waals surface area contributed by atoms with Crippen LogP contribution in [0.5, 0.6) is 0 Å².